The SMILES string of the molecule is CCNC(c1cc(F)c(F)c(F)c1)c1cc(C)c(Cl)s1. The quantitative estimate of drug-likeness (QED) is 0.796. The molecule has 1 N–H and O–H groups in total. The van der Waals surface area contributed by atoms with Crippen LogP contribution in [-0.4, -0.2) is 6.54 Å². The highest BCUT2D eigenvalue weighted by molar-refractivity contribution is 7.16. The van der Waals surface area contributed by atoms with Crippen molar-refractivity contribution >= 4 is 22.9 Å². The summed E-state index contributed by atoms with van der Waals surface area (Å²) in [6.45, 7) is 4.34. The molecule has 108 valence electrons. The Morgan fingerprint density at radius 2 is 1.80 bits per heavy atom. The fourth-order valence-corrected chi connectivity index (χ4v) is 3.28. The summed E-state index contributed by atoms with van der Waals surface area (Å²) >= 11 is 7.37. The van der Waals surface area contributed by atoms with Crippen LogP contribution in [0.25, 0.3) is 0 Å². The molecule has 1 atom stereocenters. The summed E-state index contributed by atoms with van der Waals surface area (Å²) in [6.07, 6.45) is 0. The second-order valence-corrected chi connectivity index (χ2v) is 6.08. The number of rotatable bonds is 4. The van der Waals surface area contributed by atoms with Crippen molar-refractivity contribution in [1.29, 1.82) is 0 Å². The van der Waals surface area contributed by atoms with Crippen LogP contribution in [0.4, 0.5) is 13.2 Å². The molecule has 0 amide bonds. The maximum atomic E-state index is 13.4. The number of halogens is 4. The van der Waals surface area contributed by atoms with Crippen LogP contribution in [0.15, 0.2) is 18.2 Å². The van der Waals surface area contributed by atoms with E-state index in [0.717, 1.165) is 22.6 Å². The number of nitrogens with one attached hydrogen (secondary N) is 1. The maximum absolute atomic E-state index is 13.4. The summed E-state index contributed by atoms with van der Waals surface area (Å²) < 4.78 is 40.4. The zero-order valence-electron chi connectivity index (χ0n) is 10.9. The molecule has 0 spiro atoms. The highest BCUT2D eigenvalue weighted by Crippen LogP contribution is 2.34. The summed E-state index contributed by atoms with van der Waals surface area (Å²) in [5.74, 6) is -3.84. The third-order valence-corrected chi connectivity index (χ3v) is 4.53. The molecule has 1 aromatic carbocycles. The molecule has 2 rings (SSSR count). The number of aryl methyl sites for hydroxylation is 1. The Hall–Kier alpha value is -1.04. The minimum Gasteiger partial charge on any atom is -0.306 e. The lowest BCUT2D eigenvalue weighted by Gasteiger charge is -2.17. The van der Waals surface area contributed by atoms with E-state index in [2.05, 4.69) is 5.32 Å². The predicted molar refractivity (Wildman–Crippen MR) is 75.9 cm³/mol. The molecule has 0 bridgehead atoms. The first-order valence-corrected chi connectivity index (χ1v) is 7.27. The topological polar surface area (TPSA) is 12.0 Å². The Morgan fingerprint density at radius 1 is 1.20 bits per heavy atom. The Kier molecular flexibility index (Phi) is 4.73. The Bertz CT molecular complexity index is 584. The first-order chi connectivity index (χ1) is 9.43. The maximum Gasteiger partial charge on any atom is 0.194 e. The van der Waals surface area contributed by atoms with Crippen molar-refractivity contribution in [3.05, 3.63) is 56.0 Å². The number of benzene rings is 1. The first-order valence-electron chi connectivity index (χ1n) is 6.07. The van der Waals surface area contributed by atoms with Gasteiger partial charge in [0.2, 0.25) is 0 Å². The van der Waals surface area contributed by atoms with Crippen molar-refractivity contribution < 1.29 is 13.2 Å². The van der Waals surface area contributed by atoms with Crippen molar-refractivity contribution in [2.75, 3.05) is 6.54 Å². The second-order valence-electron chi connectivity index (χ2n) is 4.39. The Balaban J connectivity index is 2.48. The number of hydrogen-bond donors (Lipinski definition) is 1. The van der Waals surface area contributed by atoms with E-state index in [1.165, 1.54) is 11.3 Å². The van der Waals surface area contributed by atoms with Gasteiger partial charge in [-0.05, 0) is 42.8 Å². The molecule has 0 fully saturated rings. The average Bonchev–Trinajstić information content (AvgIpc) is 2.72. The van der Waals surface area contributed by atoms with E-state index in [0.29, 0.717) is 16.4 Å². The molecule has 0 radical (unpaired) electrons. The fourth-order valence-electron chi connectivity index (χ4n) is 1.95. The van der Waals surface area contributed by atoms with Gasteiger partial charge in [0.05, 0.1) is 10.4 Å². The Labute approximate surface area is 124 Å². The van der Waals surface area contributed by atoms with E-state index in [9.17, 15) is 13.2 Å². The van der Waals surface area contributed by atoms with Gasteiger partial charge >= 0.3 is 0 Å². The van der Waals surface area contributed by atoms with Gasteiger partial charge in [0, 0.05) is 4.88 Å². The van der Waals surface area contributed by atoms with E-state index in [1.807, 2.05) is 19.9 Å². The largest absolute Gasteiger partial charge is 0.306 e. The second kappa shape index (κ2) is 6.16. The lowest BCUT2D eigenvalue weighted by molar-refractivity contribution is 0.443. The summed E-state index contributed by atoms with van der Waals surface area (Å²) in [6, 6.07) is 3.46. The lowest BCUT2D eigenvalue weighted by Crippen LogP contribution is -2.21. The molecule has 0 aliphatic heterocycles. The summed E-state index contributed by atoms with van der Waals surface area (Å²) in [4.78, 5) is 0.833. The summed E-state index contributed by atoms with van der Waals surface area (Å²) in [5.41, 5.74) is 1.23. The van der Waals surface area contributed by atoms with Gasteiger partial charge in [-0.1, -0.05) is 18.5 Å². The molecule has 2 aromatic rings. The molecule has 0 aliphatic carbocycles. The zero-order chi connectivity index (χ0) is 14.9. The van der Waals surface area contributed by atoms with Crippen LogP contribution < -0.4 is 5.32 Å². The zero-order valence-corrected chi connectivity index (χ0v) is 12.5. The van der Waals surface area contributed by atoms with Crippen LogP contribution in [0.3, 0.4) is 0 Å². The number of hydrogen-bond acceptors (Lipinski definition) is 2. The molecule has 1 nitrogen and oxygen atoms in total. The highest BCUT2D eigenvalue weighted by Gasteiger charge is 2.20. The van der Waals surface area contributed by atoms with Gasteiger partial charge in [0.25, 0.3) is 0 Å². The van der Waals surface area contributed by atoms with Crippen molar-refractivity contribution in [3.63, 3.8) is 0 Å². The molecule has 0 aliphatic rings. The molecule has 1 unspecified atom stereocenters. The summed E-state index contributed by atoms with van der Waals surface area (Å²) in [5, 5.41) is 3.13. The smallest absolute Gasteiger partial charge is 0.194 e. The molecular weight excluding hydrogens is 307 g/mol. The van der Waals surface area contributed by atoms with E-state index >= 15 is 0 Å². The molecule has 0 saturated carbocycles. The van der Waals surface area contributed by atoms with E-state index < -0.39 is 23.5 Å². The predicted octanol–water partition coefficient (Wildman–Crippen LogP) is 4.83. The van der Waals surface area contributed by atoms with Crippen LogP contribution in [-0.2, 0) is 0 Å². The van der Waals surface area contributed by atoms with Crippen LogP contribution >= 0.6 is 22.9 Å². The van der Waals surface area contributed by atoms with E-state index in [4.69, 9.17) is 11.6 Å². The van der Waals surface area contributed by atoms with Gasteiger partial charge in [0.15, 0.2) is 17.5 Å². The lowest BCUT2D eigenvalue weighted by atomic mass is 10.0. The molecule has 0 saturated heterocycles. The third kappa shape index (κ3) is 3.00. The van der Waals surface area contributed by atoms with Gasteiger partial charge < -0.3 is 5.32 Å². The fraction of sp³-hybridized carbons (Fsp3) is 0.286. The van der Waals surface area contributed by atoms with Crippen molar-refractivity contribution in [2.24, 2.45) is 0 Å². The normalized spacial score (nSPS) is 12.7. The monoisotopic (exact) mass is 319 g/mol. The van der Waals surface area contributed by atoms with Crippen LogP contribution in [0.5, 0.6) is 0 Å². The number of thiophene rings is 1. The van der Waals surface area contributed by atoms with E-state index in [-0.39, 0.29) is 0 Å². The average molecular weight is 320 g/mol. The standard InChI is InChI=1S/C14H13ClF3NS/c1-3-19-13(11-4-7(2)14(15)20-11)8-5-9(16)12(18)10(17)6-8/h4-6,13,19H,3H2,1-2H3. The minimum absolute atomic E-state index is 0.334. The van der Waals surface area contributed by atoms with Crippen LogP contribution in [0.2, 0.25) is 4.34 Å². The van der Waals surface area contributed by atoms with Gasteiger partial charge in [0.1, 0.15) is 0 Å². The van der Waals surface area contributed by atoms with Gasteiger partial charge in [-0.15, -0.1) is 11.3 Å². The Morgan fingerprint density at radius 3 is 2.25 bits per heavy atom. The first kappa shape index (κ1) is 15.4. The van der Waals surface area contributed by atoms with Crippen molar-refractivity contribution in [2.45, 2.75) is 19.9 Å². The minimum atomic E-state index is -1.45. The molecule has 20 heavy (non-hydrogen) atoms. The van der Waals surface area contributed by atoms with E-state index in [1.54, 1.807) is 0 Å². The third-order valence-electron chi connectivity index (χ3n) is 2.91. The van der Waals surface area contributed by atoms with Crippen LogP contribution in [0, 0.1) is 24.4 Å². The van der Waals surface area contributed by atoms with Crippen molar-refractivity contribution in [3.8, 4) is 0 Å². The molecular formula is C14H13ClF3NS. The molecule has 1 aromatic heterocycles. The van der Waals surface area contributed by atoms with Gasteiger partial charge in [-0.25, -0.2) is 13.2 Å². The van der Waals surface area contributed by atoms with Gasteiger partial charge in [-0.3, -0.25) is 0 Å². The summed E-state index contributed by atoms with van der Waals surface area (Å²) in [7, 11) is 0. The molecule has 1 heterocycles. The van der Waals surface area contributed by atoms with Crippen molar-refractivity contribution in [1.82, 2.24) is 5.32 Å². The van der Waals surface area contributed by atoms with Gasteiger partial charge in [-0.2, -0.15) is 0 Å². The highest BCUT2D eigenvalue weighted by atomic mass is 35.5. The molecule has 6 heteroatoms. The van der Waals surface area contributed by atoms with Crippen LogP contribution in [0.1, 0.15) is 29.0 Å².